The number of carboxylic acid groups (broad SMARTS) is 1. The number of pyridine rings is 2. The maximum atomic E-state index is 12.5. The molecule has 1 aromatic carbocycles. The smallest absolute Gasteiger partial charge is 0.317 e. The molecule has 0 aliphatic heterocycles. The Morgan fingerprint density at radius 3 is 2.54 bits per heavy atom. The van der Waals surface area contributed by atoms with Crippen LogP contribution in [0.5, 0.6) is 5.75 Å². The first-order valence-corrected chi connectivity index (χ1v) is 8.09. The van der Waals surface area contributed by atoms with E-state index in [-0.39, 0.29) is 24.4 Å². The predicted octanol–water partition coefficient (Wildman–Crippen LogP) is 1.79. The number of rotatable bonds is 5. The van der Waals surface area contributed by atoms with Gasteiger partial charge in [-0.05, 0) is 19.1 Å². The highest BCUT2D eigenvalue weighted by atomic mass is 16.4. The molecule has 0 fully saturated rings. The number of carboxylic acids is 1. The number of aliphatic carboxylic acids is 1. The Labute approximate surface area is 149 Å². The number of hydrogen-bond acceptors (Lipinski definition) is 5. The Morgan fingerprint density at radius 1 is 1.19 bits per heavy atom. The van der Waals surface area contributed by atoms with E-state index in [2.05, 4.69) is 10.3 Å². The van der Waals surface area contributed by atoms with E-state index in [1.54, 1.807) is 19.2 Å². The quantitative estimate of drug-likeness (QED) is 0.646. The maximum Gasteiger partial charge on any atom is 0.317 e. The van der Waals surface area contributed by atoms with Crippen LogP contribution in [0.4, 0.5) is 0 Å². The summed E-state index contributed by atoms with van der Waals surface area (Å²) in [6.07, 6.45) is 0. The van der Waals surface area contributed by atoms with Crippen LogP contribution in [-0.2, 0) is 18.4 Å². The summed E-state index contributed by atoms with van der Waals surface area (Å²) in [6.45, 7) is 1.66. The van der Waals surface area contributed by atoms with Gasteiger partial charge in [-0.3, -0.25) is 14.2 Å². The van der Waals surface area contributed by atoms with Gasteiger partial charge < -0.3 is 15.5 Å². The number of aryl methyl sites for hydroxylation is 2. The zero-order valence-corrected chi connectivity index (χ0v) is 14.5. The minimum Gasteiger partial charge on any atom is -0.507 e. The van der Waals surface area contributed by atoms with Crippen LogP contribution in [0.2, 0.25) is 0 Å². The number of benzene rings is 1. The van der Waals surface area contributed by atoms with Crippen molar-refractivity contribution >= 4 is 17.0 Å². The van der Waals surface area contributed by atoms with E-state index in [4.69, 9.17) is 5.11 Å². The summed E-state index contributed by atoms with van der Waals surface area (Å²) in [5.74, 6) is -1.21. The van der Waals surface area contributed by atoms with E-state index in [0.717, 1.165) is 11.1 Å². The van der Waals surface area contributed by atoms with Crippen LogP contribution in [0.1, 0.15) is 11.1 Å². The van der Waals surface area contributed by atoms with Gasteiger partial charge in [0.1, 0.15) is 11.4 Å². The highest BCUT2D eigenvalue weighted by molar-refractivity contribution is 5.85. The van der Waals surface area contributed by atoms with Gasteiger partial charge in [-0.2, -0.15) is 0 Å². The Morgan fingerprint density at radius 2 is 1.88 bits per heavy atom. The molecule has 0 aliphatic rings. The van der Waals surface area contributed by atoms with E-state index >= 15 is 0 Å². The molecule has 134 valence electrons. The molecule has 3 N–H and O–H groups in total. The van der Waals surface area contributed by atoms with Gasteiger partial charge in [0.15, 0.2) is 0 Å². The lowest BCUT2D eigenvalue weighted by Crippen LogP contribution is -2.29. The van der Waals surface area contributed by atoms with Gasteiger partial charge in [0.05, 0.1) is 23.2 Å². The average Bonchev–Trinajstić information content (AvgIpc) is 2.62. The molecule has 0 unspecified atom stereocenters. The summed E-state index contributed by atoms with van der Waals surface area (Å²) in [4.78, 5) is 27.7. The molecule has 0 saturated heterocycles. The number of nitrogens with zero attached hydrogens (tertiary/aromatic N) is 2. The SMILES string of the molecule is Cc1ccc(-c2ccc3c(O)c(CNCC(=O)O)c(=O)n(C)c3n2)cc1. The van der Waals surface area contributed by atoms with E-state index in [0.29, 0.717) is 16.7 Å². The largest absolute Gasteiger partial charge is 0.507 e. The van der Waals surface area contributed by atoms with Crippen LogP contribution in [-0.4, -0.2) is 32.3 Å². The number of aromatic hydroxyl groups is 1. The molecule has 26 heavy (non-hydrogen) atoms. The van der Waals surface area contributed by atoms with Gasteiger partial charge >= 0.3 is 5.97 Å². The van der Waals surface area contributed by atoms with Crippen molar-refractivity contribution in [3.63, 3.8) is 0 Å². The first-order chi connectivity index (χ1) is 12.4. The predicted molar refractivity (Wildman–Crippen MR) is 98.2 cm³/mol. The van der Waals surface area contributed by atoms with Crippen LogP contribution < -0.4 is 10.9 Å². The monoisotopic (exact) mass is 353 g/mol. The highest BCUT2D eigenvalue weighted by Gasteiger charge is 2.16. The minimum atomic E-state index is -1.04. The molecule has 0 bridgehead atoms. The number of aromatic nitrogens is 2. The second-order valence-corrected chi connectivity index (χ2v) is 6.12. The Balaban J connectivity index is 2.08. The summed E-state index contributed by atoms with van der Waals surface area (Å²) in [5.41, 5.74) is 2.82. The molecule has 0 saturated carbocycles. The molecule has 2 heterocycles. The second-order valence-electron chi connectivity index (χ2n) is 6.12. The van der Waals surface area contributed by atoms with E-state index in [1.165, 1.54) is 4.57 Å². The van der Waals surface area contributed by atoms with E-state index in [9.17, 15) is 14.7 Å². The van der Waals surface area contributed by atoms with Crippen molar-refractivity contribution in [2.75, 3.05) is 6.54 Å². The number of hydrogen-bond donors (Lipinski definition) is 3. The van der Waals surface area contributed by atoms with Crippen LogP contribution >= 0.6 is 0 Å². The van der Waals surface area contributed by atoms with Crippen LogP contribution in [0.3, 0.4) is 0 Å². The average molecular weight is 353 g/mol. The number of carbonyl (C=O) groups is 1. The molecular formula is C19H19N3O4. The van der Waals surface area contributed by atoms with Gasteiger partial charge in [-0.1, -0.05) is 29.8 Å². The third kappa shape index (κ3) is 3.29. The lowest BCUT2D eigenvalue weighted by molar-refractivity contribution is -0.136. The van der Waals surface area contributed by atoms with Crippen LogP contribution in [0.25, 0.3) is 22.3 Å². The molecule has 7 nitrogen and oxygen atoms in total. The highest BCUT2D eigenvalue weighted by Crippen LogP contribution is 2.27. The van der Waals surface area contributed by atoms with Gasteiger partial charge in [0, 0.05) is 19.2 Å². The van der Waals surface area contributed by atoms with Crippen molar-refractivity contribution in [2.45, 2.75) is 13.5 Å². The lowest BCUT2D eigenvalue weighted by Gasteiger charge is -2.12. The van der Waals surface area contributed by atoms with Crippen molar-refractivity contribution < 1.29 is 15.0 Å². The summed E-state index contributed by atoms with van der Waals surface area (Å²) >= 11 is 0. The molecule has 0 aliphatic carbocycles. The molecule has 3 aromatic rings. The van der Waals surface area contributed by atoms with Crippen molar-refractivity contribution in [1.29, 1.82) is 0 Å². The fraction of sp³-hybridized carbons (Fsp3) is 0.211. The molecule has 3 rings (SSSR count). The molecule has 7 heteroatoms. The summed E-state index contributed by atoms with van der Waals surface area (Å²) < 4.78 is 1.37. The van der Waals surface area contributed by atoms with Crippen LogP contribution in [0, 0.1) is 6.92 Å². The molecule has 0 amide bonds. The third-order valence-electron chi connectivity index (χ3n) is 4.22. The van der Waals surface area contributed by atoms with Gasteiger partial charge in [0.25, 0.3) is 5.56 Å². The van der Waals surface area contributed by atoms with Crippen LogP contribution in [0.15, 0.2) is 41.2 Å². The zero-order valence-electron chi connectivity index (χ0n) is 14.5. The fourth-order valence-corrected chi connectivity index (χ4v) is 2.79. The Hall–Kier alpha value is -3.19. The van der Waals surface area contributed by atoms with Crippen molar-refractivity contribution in [1.82, 2.24) is 14.9 Å². The van der Waals surface area contributed by atoms with Gasteiger partial charge in [-0.25, -0.2) is 4.98 Å². The van der Waals surface area contributed by atoms with Gasteiger partial charge in [-0.15, -0.1) is 0 Å². The standard InChI is InChI=1S/C19H19N3O4/c1-11-3-5-12(6-4-11)15-8-7-13-17(25)14(9-20-10-16(23)24)19(26)22(2)18(13)21-15/h3-8,20,25H,9-10H2,1-2H3,(H,23,24). The first-order valence-electron chi connectivity index (χ1n) is 8.09. The number of fused-ring (bicyclic) bond motifs is 1. The summed E-state index contributed by atoms with van der Waals surface area (Å²) in [5, 5.41) is 22.2. The second kappa shape index (κ2) is 6.97. The van der Waals surface area contributed by atoms with Crippen molar-refractivity contribution in [3.05, 3.63) is 57.9 Å². The van der Waals surface area contributed by atoms with Crippen molar-refractivity contribution in [3.8, 4) is 17.0 Å². The van der Waals surface area contributed by atoms with E-state index < -0.39 is 11.5 Å². The Kier molecular flexibility index (Phi) is 4.73. The topological polar surface area (TPSA) is 104 Å². The Bertz CT molecular complexity index is 1040. The van der Waals surface area contributed by atoms with Crippen molar-refractivity contribution in [2.24, 2.45) is 7.05 Å². The fourth-order valence-electron chi connectivity index (χ4n) is 2.79. The van der Waals surface area contributed by atoms with Gasteiger partial charge in [0.2, 0.25) is 0 Å². The molecule has 0 spiro atoms. The lowest BCUT2D eigenvalue weighted by atomic mass is 10.1. The number of nitrogens with one attached hydrogen (secondary N) is 1. The molecular weight excluding hydrogens is 334 g/mol. The molecule has 0 atom stereocenters. The molecule has 0 radical (unpaired) electrons. The first kappa shape index (κ1) is 17.6. The normalized spacial score (nSPS) is 11.0. The molecule has 2 aromatic heterocycles. The van der Waals surface area contributed by atoms with E-state index in [1.807, 2.05) is 31.2 Å². The minimum absolute atomic E-state index is 0.0412. The summed E-state index contributed by atoms with van der Waals surface area (Å²) in [7, 11) is 1.58. The third-order valence-corrected chi connectivity index (χ3v) is 4.22. The zero-order chi connectivity index (χ0) is 18.8. The maximum absolute atomic E-state index is 12.5. The summed E-state index contributed by atoms with van der Waals surface area (Å²) in [6, 6.07) is 11.4.